The lowest BCUT2D eigenvalue weighted by molar-refractivity contribution is -0.123. The van der Waals surface area contributed by atoms with Gasteiger partial charge in [0.05, 0.1) is 23.0 Å². The van der Waals surface area contributed by atoms with Crippen molar-refractivity contribution >= 4 is 56.5 Å². The average molecular weight is 537 g/mol. The van der Waals surface area contributed by atoms with Gasteiger partial charge in [-0.2, -0.15) is 0 Å². The van der Waals surface area contributed by atoms with Crippen LogP contribution in [0.2, 0.25) is 5.02 Å². The summed E-state index contributed by atoms with van der Waals surface area (Å²) in [4.78, 5) is 26.9. The van der Waals surface area contributed by atoms with Crippen LogP contribution in [0.3, 0.4) is 0 Å². The largest absolute Gasteiger partial charge is 0.493 e. The SMILES string of the molecule is C#CCOc1c(Br)cc(/C=C2/SC(=O)N(Cc3cc4c(cc3Cl)OCO4)C2=O)cc1OC. The quantitative estimate of drug-likeness (QED) is 0.376. The summed E-state index contributed by atoms with van der Waals surface area (Å²) in [7, 11) is 1.50. The zero-order chi connectivity index (χ0) is 22.8. The maximum Gasteiger partial charge on any atom is 0.293 e. The summed E-state index contributed by atoms with van der Waals surface area (Å²) < 4.78 is 22.1. The normalized spacial score (nSPS) is 15.9. The van der Waals surface area contributed by atoms with Crippen LogP contribution in [-0.4, -0.2) is 36.6 Å². The van der Waals surface area contributed by atoms with Gasteiger partial charge in [-0.1, -0.05) is 17.5 Å². The van der Waals surface area contributed by atoms with E-state index in [2.05, 4.69) is 21.9 Å². The Bertz CT molecular complexity index is 1190. The van der Waals surface area contributed by atoms with Crippen molar-refractivity contribution in [3.63, 3.8) is 0 Å². The molecule has 0 saturated carbocycles. The third-order valence-electron chi connectivity index (χ3n) is 4.59. The van der Waals surface area contributed by atoms with Gasteiger partial charge in [-0.15, -0.1) is 6.42 Å². The Kier molecular flexibility index (Phi) is 6.55. The van der Waals surface area contributed by atoms with Gasteiger partial charge in [0.25, 0.3) is 11.1 Å². The number of terminal acetylenes is 1. The second-order valence-electron chi connectivity index (χ2n) is 6.59. The topological polar surface area (TPSA) is 74.3 Å². The molecule has 10 heteroatoms. The van der Waals surface area contributed by atoms with Crippen LogP contribution in [0.25, 0.3) is 6.08 Å². The highest BCUT2D eigenvalue weighted by Crippen LogP contribution is 2.41. The summed E-state index contributed by atoms with van der Waals surface area (Å²) in [5.74, 6) is 3.92. The molecular weight excluding hydrogens is 522 g/mol. The number of imide groups is 1. The van der Waals surface area contributed by atoms with Gasteiger partial charge in [0.15, 0.2) is 23.0 Å². The predicted octanol–water partition coefficient (Wildman–Crippen LogP) is 5.09. The number of carbonyl (C=O) groups is 2. The van der Waals surface area contributed by atoms with Crippen molar-refractivity contribution in [2.45, 2.75) is 6.54 Å². The standard InChI is InChI=1S/C22H15BrClNO6S/c1-3-4-29-20-14(23)5-12(6-18(20)28-2)7-19-21(26)25(22(27)32-19)10-13-8-16-17(9-15(13)24)31-11-30-16/h1,5-9H,4,10-11H2,2H3/b19-7+. The molecule has 4 rings (SSSR count). The maximum absolute atomic E-state index is 12.9. The molecule has 2 aromatic rings. The molecule has 2 aromatic carbocycles. The number of carbonyl (C=O) groups excluding carboxylic acids is 2. The first-order valence-corrected chi connectivity index (χ1v) is 11.2. The Morgan fingerprint density at radius 3 is 2.75 bits per heavy atom. The smallest absolute Gasteiger partial charge is 0.293 e. The van der Waals surface area contributed by atoms with Gasteiger partial charge in [0.2, 0.25) is 6.79 Å². The minimum absolute atomic E-state index is 0.0172. The molecule has 0 radical (unpaired) electrons. The van der Waals surface area contributed by atoms with E-state index in [1.54, 1.807) is 30.3 Å². The number of amides is 2. The third-order valence-corrected chi connectivity index (χ3v) is 6.44. The number of halogens is 2. The van der Waals surface area contributed by atoms with Crippen LogP contribution in [0.15, 0.2) is 33.6 Å². The molecule has 1 saturated heterocycles. The number of thioether (sulfide) groups is 1. The van der Waals surface area contributed by atoms with Gasteiger partial charge < -0.3 is 18.9 Å². The number of nitrogens with zero attached hydrogens (tertiary/aromatic N) is 1. The molecule has 0 aromatic heterocycles. The first-order valence-electron chi connectivity index (χ1n) is 9.18. The highest BCUT2D eigenvalue weighted by atomic mass is 79.9. The fourth-order valence-electron chi connectivity index (χ4n) is 3.12. The number of hydrogen-bond acceptors (Lipinski definition) is 7. The van der Waals surface area contributed by atoms with Crippen LogP contribution in [0, 0.1) is 12.3 Å². The second kappa shape index (κ2) is 9.36. The highest BCUT2D eigenvalue weighted by molar-refractivity contribution is 9.10. The molecule has 0 N–H and O–H groups in total. The molecule has 0 spiro atoms. The second-order valence-corrected chi connectivity index (χ2v) is 8.85. The van der Waals surface area contributed by atoms with Crippen LogP contribution in [-0.2, 0) is 11.3 Å². The Balaban J connectivity index is 1.58. The first kappa shape index (κ1) is 22.4. The Hall–Kier alpha value is -2.80. The van der Waals surface area contributed by atoms with E-state index >= 15 is 0 Å². The molecular formula is C22H15BrClNO6S. The Morgan fingerprint density at radius 1 is 1.28 bits per heavy atom. The number of rotatable bonds is 6. The summed E-state index contributed by atoms with van der Waals surface area (Å²) in [6, 6.07) is 6.73. The number of methoxy groups -OCH3 is 1. The Morgan fingerprint density at radius 2 is 2.03 bits per heavy atom. The van der Waals surface area contributed by atoms with Gasteiger partial charge >= 0.3 is 0 Å². The van der Waals surface area contributed by atoms with Crippen LogP contribution in [0.5, 0.6) is 23.0 Å². The van der Waals surface area contributed by atoms with Crippen molar-refractivity contribution in [2.75, 3.05) is 20.5 Å². The molecule has 0 bridgehead atoms. The van der Waals surface area contributed by atoms with E-state index in [1.165, 1.54) is 7.11 Å². The van der Waals surface area contributed by atoms with E-state index in [-0.39, 0.29) is 24.8 Å². The zero-order valence-electron chi connectivity index (χ0n) is 16.6. The van der Waals surface area contributed by atoms with Gasteiger partial charge in [-0.05, 0) is 63.1 Å². The predicted molar refractivity (Wildman–Crippen MR) is 124 cm³/mol. The van der Waals surface area contributed by atoms with Crippen molar-refractivity contribution in [3.8, 4) is 35.3 Å². The fourth-order valence-corrected chi connectivity index (χ4v) is 4.74. The van der Waals surface area contributed by atoms with Gasteiger partial charge in [0.1, 0.15) is 6.61 Å². The van der Waals surface area contributed by atoms with Gasteiger partial charge in [-0.3, -0.25) is 14.5 Å². The van der Waals surface area contributed by atoms with E-state index in [9.17, 15) is 9.59 Å². The number of benzene rings is 2. The molecule has 0 aliphatic carbocycles. The van der Waals surface area contributed by atoms with Crippen molar-refractivity contribution in [1.29, 1.82) is 0 Å². The van der Waals surface area contributed by atoms with Crippen molar-refractivity contribution in [3.05, 3.63) is 49.8 Å². The molecule has 0 unspecified atom stereocenters. The molecule has 164 valence electrons. The molecule has 2 heterocycles. The summed E-state index contributed by atoms with van der Waals surface area (Å²) in [5.41, 5.74) is 1.23. The first-order chi connectivity index (χ1) is 15.4. The fraction of sp³-hybridized carbons (Fsp3) is 0.182. The third kappa shape index (κ3) is 4.39. The van der Waals surface area contributed by atoms with Crippen LogP contribution >= 0.6 is 39.3 Å². The van der Waals surface area contributed by atoms with E-state index in [1.807, 2.05) is 0 Å². The lowest BCUT2D eigenvalue weighted by atomic mass is 10.1. The van der Waals surface area contributed by atoms with Crippen LogP contribution in [0.1, 0.15) is 11.1 Å². The van der Waals surface area contributed by atoms with E-state index in [4.69, 9.17) is 37.0 Å². The summed E-state index contributed by atoms with van der Waals surface area (Å²) in [6.07, 6.45) is 6.87. The Labute approximate surface area is 201 Å². The van der Waals surface area contributed by atoms with E-state index in [0.29, 0.717) is 43.6 Å². The average Bonchev–Trinajstić information content (AvgIpc) is 3.31. The summed E-state index contributed by atoms with van der Waals surface area (Å²) >= 11 is 10.6. The van der Waals surface area contributed by atoms with Crippen molar-refractivity contribution in [2.24, 2.45) is 0 Å². The number of ether oxygens (including phenoxy) is 4. The minimum Gasteiger partial charge on any atom is -0.493 e. The lowest BCUT2D eigenvalue weighted by Gasteiger charge is -2.14. The molecule has 0 atom stereocenters. The zero-order valence-corrected chi connectivity index (χ0v) is 19.8. The lowest BCUT2D eigenvalue weighted by Crippen LogP contribution is -2.27. The maximum atomic E-state index is 12.9. The summed E-state index contributed by atoms with van der Waals surface area (Å²) in [6.45, 7) is 0.198. The van der Waals surface area contributed by atoms with Crippen LogP contribution < -0.4 is 18.9 Å². The van der Waals surface area contributed by atoms with E-state index in [0.717, 1.165) is 16.7 Å². The molecule has 2 aliphatic heterocycles. The van der Waals surface area contributed by atoms with Crippen LogP contribution in [0.4, 0.5) is 4.79 Å². The van der Waals surface area contributed by atoms with Gasteiger partial charge in [-0.25, -0.2) is 0 Å². The minimum atomic E-state index is -0.420. The van der Waals surface area contributed by atoms with Gasteiger partial charge in [0, 0.05) is 11.1 Å². The monoisotopic (exact) mass is 535 g/mol. The molecule has 32 heavy (non-hydrogen) atoms. The highest BCUT2D eigenvalue weighted by Gasteiger charge is 2.36. The number of fused-ring (bicyclic) bond motifs is 1. The molecule has 2 aliphatic rings. The molecule has 7 nitrogen and oxygen atoms in total. The van der Waals surface area contributed by atoms with Crippen molar-refractivity contribution in [1.82, 2.24) is 4.90 Å². The van der Waals surface area contributed by atoms with E-state index < -0.39 is 11.1 Å². The number of hydrogen-bond donors (Lipinski definition) is 0. The van der Waals surface area contributed by atoms with Crippen molar-refractivity contribution < 1.29 is 28.5 Å². The molecule has 1 fully saturated rings. The summed E-state index contributed by atoms with van der Waals surface area (Å²) in [5, 5.41) is -0.0107. The molecule has 2 amide bonds.